The molecule has 0 aliphatic heterocycles. The third kappa shape index (κ3) is 3.63. The fourth-order valence-electron chi connectivity index (χ4n) is 6.26. The van der Waals surface area contributed by atoms with Gasteiger partial charge in [-0.25, -0.2) is 0 Å². The number of nitrogens with zero attached hydrogens (tertiary/aromatic N) is 2. The number of carbonyl (C=O) groups excluding carboxylic acids is 1. The first-order valence-corrected chi connectivity index (χ1v) is 13.9. The molecule has 0 aliphatic carbocycles. The fourth-order valence-corrected chi connectivity index (χ4v) is 6.26. The number of aromatic nitrogens is 2. The van der Waals surface area contributed by atoms with Crippen LogP contribution in [-0.2, 0) is 0 Å². The highest BCUT2D eigenvalue weighted by atomic mass is 16.1. The highest BCUT2D eigenvalue weighted by Gasteiger charge is 2.19. The van der Waals surface area contributed by atoms with Crippen molar-refractivity contribution < 1.29 is 4.79 Å². The molecular formula is C38H26N2O. The lowest BCUT2D eigenvalue weighted by atomic mass is 10.0. The molecule has 0 saturated heterocycles. The van der Waals surface area contributed by atoms with E-state index < -0.39 is 0 Å². The summed E-state index contributed by atoms with van der Waals surface area (Å²) in [5, 5.41) is 4.77. The molecule has 3 heteroatoms. The van der Waals surface area contributed by atoms with Crippen molar-refractivity contribution in [3.63, 3.8) is 0 Å². The molecular weight excluding hydrogens is 500 g/mol. The maximum Gasteiger partial charge on any atom is 0.193 e. The van der Waals surface area contributed by atoms with Gasteiger partial charge in [0.15, 0.2) is 5.78 Å². The van der Waals surface area contributed by atoms with Crippen molar-refractivity contribution in [2.24, 2.45) is 0 Å². The molecule has 0 saturated carbocycles. The highest BCUT2D eigenvalue weighted by molar-refractivity contribution is 6.12. The predicted octanol–water partition coefficient (Wildman–Crippen LogP) is 9.42. The number of rotatable bonds is 4. The number of para-hydroxylation sites is 4. The minimum Gasteiger partial charge on any atom is -0.309 e. The van der Waals surface area contributed by atoms with Crippen LogP contribution >= 0.6 is 0 Å². The first kappa shape index (κ1) is 23.5. The molecule has 8 aromatic rings. The van der Waals surface area contributed by atoms with Crippen LogP contribution in [-0.4, -0.2) is 14.9 Å². The van der Waals surface area contributed by atoms with Gasteiger partial charge < -0.3 is 9.13 Å². The van der Waals surface area contributed by atoms with Crippen molar-refractivity contribution in [3.8, 4) is 11.4 Å². The maximum atomic E-state index is 14.0. The summed E-state index contributed by atoms with van der Waals surface area (Å²) >= 11 is 0. The van der Waals surface area contributed by atoms with Gasteiger partial charge in [-0.2, -0.15) is 0 Å². The van der Waals surface area contributed by atoms with E-state index in [1.165, 1.54) is 21.5 Å². The minimum absolute atomic E-state index is 0.00892. The number of aryl methyl sites for hydroxylation is 1. The standard InChI is InChI=1S/C38H26N2O/c1-25-18-20-26(21-19-25)38(41)27-22-28(39-34-14-6-2-10-30(34)31-11-3-7-15-35(31)39)24-29(23-27)40-36-16-8-4-12-32(36)33-13-5-9-17-37(33)40/h2-24H,1H3. The van der Waals surface area contributed by atoms with E-state index >= 15 is 0 Å². The maximum absolute atomic E-state index is 14.0. The molecule has 194 valence electrons. The average molecular weight is 527 g/mol. The molecule has 8 rings (SSSR count). The number of fused-ring (bicyclic) bond motifs is 6. The van der Waals surface area contributed by atoms with Crippen molar-refractivity contribution in [1.29, 1.82) is 0 Å². The van der Waals surface area contributed by atoms with Crippen molar-refractivity contribution >= 4 is 49.4 Å². The van der Waals surface area contributed by atoms with E-state index in [0.29, 0.717) is 11.1 Å². The van der Waals surface area contributed by atoms with E-state index in [-0.39, 0.29) is 5.78 Å². The monoisotopic (exact) mass is 526 g/mol. The van der Waals surface area contributed by atoms with Gasteiger partial charge in [0.1, 0.15) is 0 Å². The van der Waals surface area contributed by atoms with Gasteiger partial charge in [-0.3, -0.25) is 4.79 Å². The summed E-state index contributed by atoms with van der Waals surface area (Å²) in [5.41, 5.74) is 8.83. The van der Waals surface area contributed by atoms with E-state index in [0.717, 1.165) is 39.0 Å². The Morgan fingerprint density at radius 3 is 1.20 bits per heavy atom. The summed E-state index contributed by atoms with van der Waals surface area (Å²) in [6, 6.07) is 48.1. The second-order valence-electron chi connectivity index (χ2n) is 10.7. The van der Waals surface area contributed by atoms with Gasteiger partial charge >= 0.3 is 0 Å². The lowest BCUT2D eigenvalue weighted by Gasteiger charge is -2.15. The molecule has 0 atom stereocenters. The SMILES string of the molecule is Cc1ccc(C(=O)c2cc(-n3c4ccccc4c4ccccc43)cc(-n3c4ccccc4c4ccccc43)c2)cc1. The minimum atomic E-state index is 0.00892. The highest BCUT2D eigenvalue weighted by Crippen LogP contribution is 2.36. The summed E-state index contributed by atoms with van der Waals surface area (Å²) < 4.78 is 4.57. The molecule has 0 bridgehead atoms. The number of carbonyl (C=O) groups is 1. The van der Waals surface area contributed by atoms with Crippen molar-refractivity contribution in [1.82, 2.24) is 9.13 Å². The smallest absolute Gasteiger partial charge is 0.193 e. The van der Waals surface area contributed by atoms with Crippen molar-refractivity contribution in [2.75, 3.05) is 0 Å². The number of ketones is 1. The molecule has 0 aliphatic rings. The van der Waals surface area contributed by atoms with Gasteiger partial charge in [-0.05, 0) is 49.4 Å². The van der Waals surface area contributed by atoms with Crippen LogP contribution in [0.3, 0.4) is 0 Å². The quantitative estimate of drug-likeness (QED) is 0.210. The Bertz CT molecular complexity index is 2040. The summed E-state index contributed by atoms with van der Waals surface area (Å²) in [6.07, 6.45) is 0. The van der Waals surface area contributed by atoms with Crippen molar-refractivity contribution in [2.45, 2.75) is 6.92 Å². The zero-order chi connectivity index (χ0) is 27.5. The van der Waals surface area contributed by atoms with E-state index in [9.17, 15) is 4.79 Å². The van der Waals surface area contributed by atoms with Crippen LogP contribution in [0.1, 0.15) is 21.5 Å². The van der Waals surface area contributed by atoms with Crippen LogP contribution in [0.2, 0.25) is 0 Å². The molecule has 0 spiro atoms. The first-order valence-electron chi connectivity index (χ1n) is 13.9. The molecule has 6 aromatic carbocycles. The number of hydrogen-bond donors (Lipinski definition) is 0. The summed E-state index contributed by atoms with van der Waals surface area (Å²) in [6.45, 7) is 2.04. The topological polar surface area (TPSA) is 26.9 Å². The predicted molar refractivity (Wildman–Crippen MR) is 170 cm³/mol. The van der Waals surface area contributed by atoms with Gasteiger partial charge in [0.2, 0.25) is 0 Å². The Kier molecular flexibility index (Phi) is 5.19. The van der Waals surface area contributed by atoms with E-state index in [4.69, 9.17) is 0 Å². The van der Waals surface area contributed by atoms with Gasteiger partial charge in [-0.15, -0.1) is 0 Å². The zero-order valence-corrected chi connectivity index (χ0v) is 22.6. The largest absolute Gasteiger partial charge is 0.309 e. The zero-order valence-electron chi connectivity index (χ0n) is 22.6. The van der Waals surface area contributed by atoms with E-state index in [1.54, 1.807) is 0 Å². The lowest BCUT2D eigenvalue weighted by molar-refractivity contribution is 0.103. The average Bonchev–Trinajstić information content (AvgIpc) is 3.54. The molecule has 41 heavy (non-hydrogen) atoms. The van der Waals surface area contributed by atoms with E-state index in [2.05, 4.69) is 112 Å². The van der Waals surface area contributed by atoms with Gasteiger partial charge in [0.05, 0.1) is 22.1 Å². The Hall–Kier alpha value is -5.41. The van der Waals surface area contributed by atoms with Crippen LogP contribution in [0, 0.1) is 6.92 Å². The molecule has 0 radical (unpaired) electrons. The third-order valence-electron chi connectivity index (χ3n) is 8.16. The Labute approximate surface area is 237 Å². The summed E-state index contributed by atoms with van der Waals surface area (Å²) in [4.78, 5) is 14.0. The van der Waals surface area contributed by atoms with Crippen LogP contribution in [0.4, 0.5) is 0 Å². The van der Waals surface area contributed by atoms with Gasteiger partial charge in [0.25, 0.3) is 0 Å². The fraction of sp³-hybridized carbons (Fsp3) is 0.0263. The van der Waals surface area contributed by atoms with Crippen molar-refractivity contribution in [3.05, 3.63) is 156 Å². The normalized spacial score (nSPS) is 11.6. The van der Waals surface area contributed by atoms with Crippen LogP contribution < -0.4 is 0 Å². The summed E-state index contributed by atoms with van der Waals surface area (Å²) in [5.74, 6) is 0.00892. The molecule has 2 aromatic heterocycles. The van der Waals surface area contributed by atoms with Crippen LogP contribution in [0.25, 0.3) is 55.0 Å². The lowest BCUT2D eigenvalue weighted by Crippen LogP contribution is -2.06. The molecule has 0 amide bonds. The van der Waals surface area contributed by atoms with Crippen LogP contribution in [0.5, 0.6) is 0 Å². The molecule has 0 fully saturated rings. The summed E-state index contributed by atoms with van der Waals surface area (Å²) in [7, 11) is 0. The van der Waals surface area contributed by atoms with Gasteiger partial charge in [0, 0.05) is 44.0 Å². The molecule has 2 heterocycles. The molecule has 0 unspecified atom stereocenters. The Morgan fingerprint density at radius 2 is 0.805 bits per heavy atom. The van der Waals surface area contributed by atoms with E-state index in [1.807, 2.05) is 43.3 Å². The Morgan fingerprint density at radius 1 is 0.439 bits per heavy atom. The first-order chi connectivity index (χ1) is 20.2. The molecule has 0 N–H and O–H groups in total. The number of benzene rings is 6. The second-order valence-corrected chi connectivity index (χ2v) is 10.7. The van der Waals surface area contributed by atoms with Crippen LogP contribution in [0.15, 0.2) is 140 Å². The second kappa shape index (κ2) is 9.07. The number of hydrogen-bond acceptors (Lipinski definition) is 1. The molecule has 3 nitrogen and oxygen atoms in total. The van der Waals surface area contributed by atoms with Gasteiger partial charge in [-0.1, -0.05) is 103 Å². The third-order valence-corrected chi connectivity index (χ3v) is 8.16. The Balaban J connectivity index is 1.47.